The van der Waals surface area contributed by atoms with Crippen molar-refractivity contribution in [1.29, 1.82) is 0 Å². The van der Waals surface area contributed by atoms with Gasteiger partial charge < -0.3 is 9.47 Å². The number of carbonyl (C=O) groups excluding carboxylic acids is 3. The number of urea groups is 1. The van der Waals surface area contributed by atoms with Crippen LogP contribution in [-0.4, -0.2) is 46.8 Å². The van der Waals surface area contributed by atoms with Crippen molar-refractivity contribution in [3.05, 3.63) is 39.9 Å². The smallest absolute Gasteiger partial charge is 0.418 e. The predicted molar refractivity (Wildman–Crippen MR) is 93.3 cm³/mol. The Hall–Kier alpha value is -3.30. The van der Waals surface area contributed by atoms with Gasteiger partial charge in [0.25, 0.3) is 5.69 Å². The number of nitrogens with zero attached hydrogens (tertiary/aromatic N) is 3. The van der Waals surface area contributed by atoms with Crippen LogP contribution in [0.15, 0.2) is 29.3 Å². The largest absolute Gasteiger partial charge is 0.468 e. The standard InChI is InChI=1S/C17H19N3O7/c1-9(2)27-17(23)19-14(11-6-5-7-12(8-11)20(24)25)13(15(21)26-4)10(3)18-16(19)22/h5-9,13-14H,1-4H3. The van der Waals surface area contributed by atoms with Crippen LogP contribution in [0.4, 0.5) is 15.3 Å². The quantitative estimate of drug-likeness (QED) is 0.448. The number of nitro benzene ring substituents is 1. The number of aliphatic imine (C=N–C) groups is 1. The number of methoxy groups -OCH3 is 1. The summed E-state index contributed by atoms with van der Waals surface area (Å²) >= 11 is 0. The van der Waals surface area contributed by atoms with E-state index in [9.17, 15) is 24.5 Å². The zero-order valence-corrected chi connectivity index (χ0v) is 15.2. The van der Waals surface area contributed by atoms with E-state index in [1.54, 1.807) is 13.8 Å². The molecule has 1 heterocycles. The second kappa shape index (κ2) is 7.94. The van der Waals surface area contributed by atoms with Crippen molar-refractivity contribution in [1.82, 2.24) is 4.90 Å². The molecule has 0 radical (unpaired) electrons. The van der Waals surface area contributed by atoms with Gasteiger partial charge in [-0.3, -0.25) is 14.9 Å². The van der Waals surface area contributed by atoms with Gasteiger partial charge in [-0.25, -0.2) is 19.5 Å². The maximum Gasteiger partial charge on any atom is 0.418 e. The molecule has 2 atom stereocenters. The first-order chi connectivity index (χ1) is 12.7. The molecule has 10 heteroatoms. The SMILES string of the molecule is COC(=O)C1C(C)=NC(=O)N(C(=O)OC(C)C)C1c1cccc([N+](=O)[O-])c1. The number of imide groups is 1. The summed E-state index contributed by atoms with van der Waals surface area (Å²) in [7, 11) is 1.16. The summed E-state index contributed by atoms with van der Waals surface area (Å²) in [5.41, 5.74) is 0.0979. The lowest BCUT2D eigenvalue weighted by Crippen LogP contribution is -2.50. The van der Waals surface area contributed by atoms with E-state index in [1.165, 1.54) is 31.2 Å². The molecule has 1 aromatic rings. The average molecular weight is 377 g/mol. The summed E-state index contributed by atoms with van der Waals surface area (Å²) in [6.45, 7) is 4.65. The van der Waals surface area contributed by atoms with E-state index >= 15 is 0 Å². The number of carbonyl (C=O) groups is 3. The van der Waals surface area contributed by atoms with Crippen LogP contribution in [0, 0.1) is 16.0 Å². The van der Waals surface area contributed by atoms with E-state index in [2.05, 4.69) is 4.99 Å². The van der Waals surface area contributed by atoms with E-state index in [-0.39, 0.29) is 17.0 Å². The van der Waals surface area contributed by atoms with Gasteiger partial charge in [0.05, 0.1) is 24.2 Å². The van der Waals surface area contributed by atoms with Gasteiger partial charge >= 0.3 is 18.1 Å². The van der Waals surface area contributed by atoms with Crippen molar-refractivity contribution in [2.24, 2.45) is 10.9 Å². The molecule has 144 valence electrons. The summed E-state index contributed by atoms with van der Waals surface area (Å²) in [6.07, 6.45) is -1.53. The van der Waals surface area contributed by atoms with Crippen LogP contribution >= 0.6 is 0 Å². The van der Waals surface area contributed by atoms with E-state index in [4.69, 9.17) is 9.47 Å². The molecule has 0 bridgehead atoms. The maximum absolute atomic E-state index is 12.5. The Morgan fingerprint density at radius 1 is 1.33 bits per heavy atom. The van der Waals surface area contributed by atoms with Crippen LogP contribution in [-0.2, 0) is 14.3 Å². The fraction of sp³-hybridized carbons (Fsp3) is 0.412. The van der Waals surface area contributed by atoms with Crippen LogP contribution in [0.2, 0.25) is 0 Å². The van der Waals surface area contributed by atoms with Crippen LogP contribution in [0.5, 0.6) is 0 Å². The zero-order valence-electron chi connectivity index (χ0n) is 15.2. The average Bonchev–Trinajstić information content (AvgIpc) is 2.59. The summed E-state index contributed by atoms with van der Waals surface area (Å²) in [6, 6.07) is 3.23. The van der Waals surface area contributed by atoms with E-state index in [0.29, 0.717) is 4.90 Å². The van der Waals surface area contributed by atoms with Crippen molar-refractivity contribution in [2.45, 2.75) is 32.9 Å². The molecular formula is C17H19N3O7. The van der Waals surface area contributed by atoms with Crippen molar-refractivity contribution >= 4 is 29.5 Å². The topological polar surface area (TPSA) is 128 Å². The third-order valence-corrected chi connectivity index (χ3v) is 3.93. The second-order valence-electron chi connectivity index (χ2n) is 6.14. The number of ether oxygens (including phenoxy) is 2. The third kappa shape index (κ3) is 4.10. The van der Waals surface area contributed by atoms with Gasteiger partial charge in [0.2, 0.25) is 0 Å². The summed E-state index contributed by atoms with van der Waals surface area (Å²) in [5.74, 6) is -1.85. The zero-order chi connectivity index (χ0) is 20.3. The first-order valence-electron chi connectivity index (χ1n) is 8.08. The molecule has 27 heavy (non-hydrogen) atoms. The summed E-state index contributed by atoms with van der Waals surface area (Å²) in [5, 5.41) is 11.1. The molecule has 0 aromatic heterocycles. The number of benzene rings is 1. The molecule has 0 saturated heterocycles. The molecule has 0 saturated carbocycles. The fourth-order valence-electron chi connectivity index (χ4n) is 2.81. The Balaban J connectivity index is 2.64. The lowest BCUT2D eigenvalue weighted by atomic mass is 9.87. The molecular weight excluding hydrogens is 358 g/mol. The molecule has 0 spiro atoms. The number of rotatable bonds is 4. The van der Waals surface area contributed by atoms with Crippen molar-refractivity contribution in [2.75, 3.05) is 7.11 Å². The van der Waals surface area contributed by atoms with Gasteiger partial charge in [-0.1, -0.05) is 12.1 Å². The van der Waals surface area contributed by atoms with Crippen LogP contribution in [0.3, 0.4) is 0 Å². The van der Waals surface area contributed by atoms with Crippen LogP contribution < -0.4 is 0 Å². The summed E-state index contributed by atoms with van der Waals surface area (Å²) in [4.78, 5) is 52.2. The highest BCUT2D eigenvalue weighted by Gasteiger charge is 2.46. The Kier molecular flexibility index (Phi) is 5.88. The molecule has 1 aliphatic rings. The number of hydrogen-bond donors (Lipinski definition) is 0. The predicted octanol–water partition coefficient (Wildman–Crippen LogP) is 2.87. The van der Waals surface area contributed by atoms with Gasteiger partial charge in [-0.05, 0) is 26.3 Å². The highest BCUT2D eigenvalue weighted by atomic mass is 16.6. The van der Waals surface area contributed by atoms with E-state index in [0.717, 1.165) is 7.11 Å². The lowest BCUT2D eigenvalue weighted by Gasteiger charge is -2.36. The number of amides is 3. The molecule has 0 N–H and O–H groups in total. The number of esters is 1. The van der Waals surface area contributed by atoms with Gasteiger partial charge in [0, 0.05) is 17.8 Å². The molecule has 1 aromatic carbocycles. The first kappa shape index (κ1) is 20.0. The van der Waals surface area contributed by atoms with Crippen molar-refractivity contribution in [3.8, 4) is 0 Å². The van der Waals surface area contributed by atoms with Crippen LogP contribution in [0.25, 0.3) is 0 Å². The molecule has 10 nitrogen and oxygen atoms in total. The Morgan fingerprint density at radius 2 is 2.00 bits per heavy atom. The molecule has 2 unspecified atom stereocenters. The van der Waals surface area contributed by atoms with Gasteiger partial charge in [-0.2, -0.15) is 0 Å². The van der Waals surface area contributed by atoms with Crippen molar-refractivity contribution in [3.63, 3.8) is 0 Å². The minimum Gasteiger partial charge on any atom is -0.468 e. The Bertz CT molecular complexity index is 818. The van der Waals surface area contributed by atoms with E-state index in [1.807, 2.05) is 0 Å². The Morgan fingerprint density at radius 3 is 2.56 bits per heavy atom. The minimum absolute atomic E-state index is 0.136. The molecule has 0 aliphatic carbocycles. The fourth-order valence-corrected chi connectivity index (χ4v) is 2.81. The molecule has 1 aliphatic heterocycles. The molecule has 0 fully saturated rings. The highest BCUT2D eigenvalue weighted by molar-refractivity contribution is 6.11. The van der Waals surface area contributed by atoms with Gasteiger partial charge in [0.1, 0.15) is 5.92 Å². The third-order valence-electron chi connectivity index (χ3n) is 3.93. The number of non-ortho nitro benzene ring substituents is 1. The maximum atomic E-state index is 12.5. The number of hydrogen-bond acceptors (Lipinski definition) is 7. The Labute approximate surface area is 154 Å². The monoisotopic (exact) mass is 377 g/mol. The van der Waals surface area contributed by atoms with Crippen molar-refractivity contribution < 1.29 is 28.8 Å². The van der Waals surface area contributed by atoms with E-state index < -0.39 is 41.1 Å². The molecule has 2 rings (SSSR count). The first-order valence-corrected chi connectivity index (χ1v) is 8.08. The lowest BCUT2D eigenvalue weighted by molar-refractivity contribution is -0.385. The summed E-state index contributed by atoms with van der Waals surface area (Å²) < 4.78 is 9.89. The van der Waals surface area contributed by atoms with Gasteiger partial charge in [-0.15, -0.1) is 0 Å². The van der Waals surface area contributed by atoms with Crippen LogP contribution in [0.1, 0.15) is 32.4 Å². The second-order valence-corrected chi connectivity index (χ2v) is 6.14. The highest BCUT2D eigenvalue weighted by Crippen LogP contribution is 2.36. The molecule has 3 amide bonds. The number of nitro groups is 1. The normalized spacial score (nSPS) is 19.5. The minimum atomic E-state index is -1.19. The van der Waals surface area contributed by atoms with Gasteiger partial charge in [0.15, 0.2) is 0 Å².